The Kier molecular flexibility index (Phi) is 4.82. The first-order valence-corrected chi connectivity index (χ1v) is 8.99. The molecule has 1 aliphatic heterocycles. The summed E-state index contributed by atoms with van der Waals surface area (Å²) in [4.78, 5) is 14.8. The highest BCUT2D eigenvalue weighted by Gasteiger charge is 2.26. The van der Waals surface area contributed by atoms with Gasteiger partial charge in [-0.2, -0.15) is 5.21 Å². The normalized spacial score (nSPS) is 16.1. The second-order valence-electron chi connectivity index (χ2n) is 6.78. The van der Waals surface area contributed by atoms with Crippen LogP contribution in [0.15, 0.2) is 48.5 Å². The number of carbonyl (C=O) groups excluding carboxylic acids is 1. The topological polar surface area (TPSA) is 84.0 Å². The molecule has 0 saturated carbocycles. The highest BCUT2D eigenvalue weighted by atomic mass is 16.5. The molecule has 3 aromatic rings. The molecule has 7 heteroatoms. The Balaban J connectivity index is 1.46. The van der Waals surface area contributed by atoms with Crippen LogP contribution in [0.1, 0.15) is 17.5 Å². The van der Waals surface area contributed by atoms with Crippen LogP contribution in [-0.2, 0) is 17.8 Å². The number of benzene rings is 2. The van der Waals surface area contributed by atoms with Gasteiger partial charge in [0.2, 0.25) is 11.7 Å². The van der Waals surface area contributed by atoms with Crippen LogP contribution in [0.5, 0.6) is 5.75 Å². The van der Waals surface area contributed by atoms with Gasteiger partial charge < -0.3 is 9.64 Å². The third kappa shape index (κ3) is 3.81. The van der Waals surface area contributed by atoms with E-state index in [1.54, 1.807) is 4.90 Å². The van der Waals surface area contributed by atoms with Gasteiger partial charge >= 0.3 is 0 Å². The summed E-state index contributed by atoms with van der Waals surface area (Å²) in [5.74, 6) is 1.51. The van der Waals surface area contributed by atoms with Gasteiger partial charge in [0.05, 0.1) is 6.61 Å². The van der Waals surface area contributed by atoms with Gasteiger partial charge in [0.15, 0.2) is 0 Å². The number of hydrogen-bond acceptors (Lipinski definition) is 5. The first kappa shape index (κ1) is 17.2. The predicted octanol–water partition coefficient (Wildman–Crippen LogP) is 2.47. The molecule has 0 spiro atoms. The molecule has 1 amide bonds. The highest BCUT2D eigenvalue weighted by Crippen LogP contribution is 2.27. The number of amides is 1. The maximum Gasteiger partial charge on any atom is 0.226 e. The number of para-hydroxylation sites is 1. The van der Waals surface area contributed by atoms with Gasteiger partial charge in [-0.25, -0.2) is 0 Å². The minimum Gasteiger partial charge on any atom is -0.493 e. The molecule has 0 aliphatic carbocycles. The molecular weight excluding hydrogens is 342 g/mol. The molecule has 1 N–H and O–H groups in total. The van der Waals surface area contributed by atoms with E-state index in [1.165, 1.54) is 0 Å². The number of nitrogens with zero attached hydrogens (tertiary/aromatic N) is 4. The first-order chi connectivity index (χ1) is 13.2. The van der Waals surface area contributed by atoms with Crippen molar-refractivity contribution >= 4 is 5.91 Å². The number of rotatable bonds is 4. The van der Waals surface area contributed by atoms with E-state index >= 15 is 0 Å². The maximum atomic E-state index is 13.0. The van der Waals surface area contributed by atoms with Gasteiger partial charge in [-0.05, 0) is 41.3 Å². The predicted molar refractivity (Wildman–Crippen MR) is 99.8 cm³/mol. The molecule has 0 bridgehead atoms. The van der Waals surface area contributed by atoms with E-state index in [0.29, 0.717) is 25.4 Å². The standard InChI is InChI=1S/C20H21N5O2/c1-25(13-14-5-4-7-16(11-14)19-21-23-24-22-19)20(26)17-9-10-27-18-8-3-2-6-15(18)12-17/h2-8,11,17H,9-10,12-13H2,1H3,(H,21,22,23,24). The van der Waals surface area contributed by atoms with Gasteiger partial charge in [0.25, 0.3) is 0 Å². The average molecular weight is 363 g/mol. The Labute approximate surface area is 157 Å². The zero-order valence-electron chi connectivity index (χ0n) is 15.1. The summed E-state index contributed by atoms with van der Waals surface area (Å²) >= 11 is 0. The molecule has 1 atom stereocenters. The number of carbonyl (C=O) groups is 1. The lowest BCUT2D eigenvalue weighted by atomic mass is 9.95. The van der Waals surface area contributed by atoms with E-state index in [2.05, 4.69) is 20.6 Å². The van der Waals surface area contributed by atoms with Gasteiger partial charge in [-0.3, -0.25) is 4.79 Å². The quantitative estimate of drug-likeness (QED) is 0.770. The number of tetrazole rings is 1. The van der Waals surface area contributed by atoms with Crippen LogP contribution in [0.25, 0.3) is 11.4 Å². The summed E-state index contributed by atoms with van der Waals surface area (Å²) in [7, 11) is 1.85. The molecule has 0 fully saturated rings. The molecule has 2 heterocycles. The van der Waals surface area contributed by atoms with Crippen molar-refractivity contribution in [3.8, 4) is 17.1 Å². The van der Waals surface area contributed by atoms with Crippen LogP contribution in [0.4, 0.5) is 0 Å². The molecule has 1 unspecified atom stereocenters. The van der Waals surface area contributed by atoms with E-state index in [9.17, 15) is 4.79 Å². The summed E-state index contributed by atoms with van der Waals surface area (Å²) in [6, 6.07) is 15.8. The van der Waals surface area contributed by atoms with Crippen LogP contribution >= 0.6 is 0 Å². The number of aromatic amines is 1. The zero-order chi connectivity index (χ0) is 18.6. The largest absolute Gasteiger partial charge is 0.493 e. The van der Waals surface area contributed by atoms with Gasteiger partial charge in [0, 0.05) is 25.1 Å². The molecule has 27 heavy (non-hydrogen) atoms. The lowest BCUT2D eigenvalue weighted by molar-refractivity contribution is -0.135. The van der Waals surface area contributed by atoms with Crippen molar-refractivity contribution in [3.63, 3.8) is 0 Å². The zero-order valence-corrected chi connectivity index (χ0v) is 15.1. The molecule has 1 aliphatic rings. The van der Waals surface area contributed by atoms with Gasteiger partial charge in [0.1, 0.15) is 5.75 Å². The van der Waals surface area contributed by atoms with E-state index in [0.717, 1.165) is 28.9 Å². The maximum absolute atomic E-state index is 13.0. The van der Waals surface area contributed by atoms with E-state index in [4.69, 9.17) is 4.74 Å². The molecule has 2 aromatic carbocycles. The van der Waals surface area contributed by atoms with Crippen LogP contribution in [0, 0.1) is 5.92 Å². The number of H-pyrrole nitrogens is 1. The van der Waals surface area contributed by atoms with E-state index in [-0.39, 0.29) is 11.8 Å². The Hall–Kier alpha value is -3.22. The summed E-state index contributed by atoms with van der Waals surface area (Å²) in [6.45, 7) is 1.10. The van der Waals surface area contributed by atoms with Crippen molar-refractivity contribution in [1.82, 2.24) is 25.5 Å². The summed E-state index contributed by atoms with van der Waals surface area (Å²) in [6.07, 6.45) is 1.43. The summed E-state index contributed by atoms with van der Waals surface area (Å²) < 4.78 is 5.79. The molecule has 4 rings (SSSR count). The van der Waals surface area contributed by atoms with Crippen LogP contribution in [-0.4, -0.2) is 45.1 Å². The monoisotopic (exact) mass is 363 g/mol. The fourth-order valence-electron chi connectivity index (χ4n) is 3.46. The highest BCUT2D eigenvalue weighted by molar-refractivity contribution is 5.79. The minimum atomic E-state index is -0.0703. The van der Waals surface area contributed by atoms with Crippen molar-refractivity contribution in [1.29, 1.82) is 0 Å². The SMILES string of the molecule is CN(Cc1cccc(-c2nn[nH]n2)c1)C(=O)C1CCOc2ccccc2C1. The molecule has 138 valence electrons. The molecule has 1 aromatic heterocycles. The second kappa shape index (κ2) is 7.57. The summed E-state index contributed by atoms with van der Waals surface area (Å²) in [5, 5.41) is 14.1. The molecule has 0 saturated heterocycles. The summed E-state index contributed by atoms with van der Waals surface area (Å²) in [5.41, 5.74) is 3.00. The fourth-order valence-corrected chi connectivity index (χ4v) is 3.46. The van der Waals surface area contributed by atoms with Crippen molar-refractivity contribution in [3.05, 3.63) is 59.7 Å². The average Bonchev–Trinajstić information content (AvgIpc) is 3.14. The number of nitrogens with one attached hydrogen (secondary N) is 1. The third-order valence-corrected chi connectivity index (χ3v) is 4.84. The Morgan fingerprint density at radius 2 is 2.15 bits per heavy atom. The third-order valence-electron chi connectivity index (χ3n) is 4.84. The van der Waals surface area contributed by atoms with Crippen LogP contribution in [0.2, 0.25) is 0 Å². The fraction of sp³-hybridized carbons (Fsp3) is 0.300. The first-order valence-electron chi connectivity index (χ1n) is 8.99. The Morgan fingerprint density at radius 3 is 3.00 bits per heavy atom. The smallest absolute Gasteiger partial charge is 0.226 e. The second-order valence-corrected chi connectivity index (χ2v) is 6.78. The van der Waals surface area contributed by atoms with Crippen LogP contribution in [0.3, 0.4) is 0 Å². The number of fused-ring (bicyclic) bond motifs is 1. The van der Waals surface area contributed by atoms with E-state index in [1.807, 2.05) is 55.6 Å². The van der Waals surface area contributed by atoms with Gasteiger partial charge in [-0.15, -0.1) is 10.2 Å². The number of aromatic nitrogens is 4. The van der Waals surface area contributed by atoms with Crippen molar-refractivity contribution in [2.45, 2.75) is 19.4 Å². The van der Waals surface area contributed by atoms with Crippen molar-refractivity contribution in [2.75, 3.05) is 13.7 Å². The lowest BCUT2D eigenvalue weighted by Gasteiger charge is -2.23. The number of hydrogen-bond donors (Lipinski definition) is 1. The number of ether oxygens (including phenoxy) is 1. The van der Waals surface area contributed by atoms with Gasteiger partial charge in [-0.1, -0.05) is 36.4 Å². The van der Waals surface area contributed by atoms with Crippen LogP contribution < -0.4 is 4.74 Å². The van der Waals surface area contributed by atoms with Crippen molar-refractivity contribution in [2.24, 2.45) is 5.92 Å². The molecule has 7 nitrogen and oxygen atoms in total. The Bertz CT molecular complexity index is 926. The Morgan fingerprint density at radius 1 is 1.26 bits per heavy atom. The lowest BCUT2D eigenvalue weighted by Crippen LogP contribution is -2.33. The minimum absolute atomic E-state index is 0.0703. The molecule has 0 radical (unpaired) electrons. The van der Waals surface area contributed by atoms with Crippen molar-refractivity contribution < 1.29 is 9.53 Å². The van der Waals surface area contributed by atoms with E-state index < -0.39 is 0 Å². The molecular formula is C20H21N5O2.